The summed E-state index contributed by atoms with van der Waals surface area (Å²) >= 11 is 4.89. The molecule has 0 saturated carbocycles. The molecule has 0 aliphatic rings. The minimum atomic E-state index is -3.63. The maximum Gasteiger partial charge on any atom is -0.0813 e. The zero-order valence-electron chi connectivity index (χ0n) is 6.56. The number of hydrogen-bond acceptors (Lipinski definition) is 3. The first-order valence-electron chi connectivity index (χ1n) is 3.53. The summed E-state index contributed by atoms with van der Waals surface area (Å²) in [5.41, 5.74) is 0. The van der Waals surface area contributed by atoms with Gasteiger partial charge >= 0.3 is 53.9 Å². The first-order valence-corrected chi connectivity index (χ1v) is 5.42. The second-order valence-corrected chi connectivity index (χ2v) is 2.93. The monoisotopic (exact) mass is 228 g/mol. The summed E-state index contributed by atoms with van der Waals surface area (Å²) in [6.07, 6.45) is 5.23. The van der Waals surface area contributed by atoms with Gasteiger partial charge in [0.1, 0.15) is 0 Å². The van der Waals surface area contributed by atoms with Crippen molar-refractivity contribution in [3.8, 4) is 0 Å². The van der Waals surface area contributed by atoms with Crippen LogP contribution in [-0.2, 0) is 20.6 Å². The van der Waals surface area contributed by atoms with E-state index in [1.165, 1.54) is 25.7 Å². The summed E-state index contributed by atoms with van der Waals surface area (Å²) in [4.78, 5) is 17.0. The van der Waals surface area contributed by atoms with E-state index in [2.05, 4.69) is 6.92 Å². The first-order chi connectivity index (χ1) is 5.15. The summed E-state index contributed by atoms with van der Waals surface area (Å²) in [5.74, 6) is 0. The molecule has 72 valence electrons. The standard InChI is InChI=1S/C6H13.Cu.H3O3P/c1-3-5-6-4-2;;1-4(2)3/h1,3-6H2,2H3;;4H,(H2,1,2,3)/q;+2;/p-2. The van der Waals surface area contributed by atoms with Crippen LogP contribution < -0.4 is 9.79 Å². The van der Waals surface area contributed by atoms with E-state index in [1.807, 2.05) is 0 Å². The van der Waals surface area contributed by atoms with Crippen molar-refractivity contribution in [2.24, 2.45) is 0 Å². The molecule has 0 N–H and O–H groups in total. The molecule has 0 aliphatic carbocycles. The normalized spacial score (nSPS) is 9.27. The van der Waals surface area contributed by atoms with E-state index in [9.17, 15) is 0 Å². The van der Waals surface area contributed by atoms with Gasteiger partial charge in [-0.2, -0.15) is 0 Å². The molecular weight excluding hydrogens is 215 g/mol. The number of hydrogen-bond donors (Lipinski definition) is 0. The Morgan fingerprint density at radius 3 is 2.00 bits per heavy atom. The molecular formula is C6H14CuO3P. The molecule has 0 spiro atoms. The fourth-order valence-corrected chi connectivity index (χ4v) is 0.738. The van der Waals surface area contributed by atoms with Gasteiger partial charge in [-0.25, -0.2) is 0 Å². The number of unbranched alkanes of at least 4 members (excludes halogenated alkanes) is 3. The molecule has 0 bridgehead atoms. The van der Waals surface area contributed by atoms with Crippen LogP contribution in [0.5, 0.6) is 0 Å². The van der Waals surface area contributed by atoms with Crippen LogP contribution >= 0.6 is 8.25 Å². The fourth-order valence-electron chi connectivity index (χ4n) is 0.502. The fraction of sp³-hybridized carbons (Fsp3) is 1.00. The summed E-state index contributed by atoms with van der Waals surface area (Å²) in [6, 6.07) is 0. The van der Waals surface area contributed by atoms with Gasteiger partial charge < -0.3 is 14.4 Å². The maximum atomic E-state index is 8.52. The third kappa shape index (κ3) is 36.8. The van der Waals surface area contributed by atoms with Gasteiger partial charge in [0, 0.05) is 0 Å². The van der Waals surface area contributed by atoms with Crippen LogP contribution in [0.1, 0.15) is 32.6 Å². The van der Waals surface area contributed by atoms with E-state index >= 15 is 0 Å². The van der Waals surface area contributed by atoms with Gasteiger partial charge in [0.2, 0.25) is 0 Å². The molecule has 0 fully saturated rings. The van der Waals surface area contributed by atoms with Crippen LogP contribution in [0.2, 0.25) is 5.32 Å². The Morgan fingerprint density at radius 1 is 1.27 bits per heavy atom. The van der Waals surface area contributed by atoms with Gasteiger partial charge in [-0.15, -0.1) is 0 Å². The molecule has 5 heteroatoms. The topological polar surface area (TPSA) is 63.2 Å². The van der Waals surface area contributed by atoms with Gasteiger partial charge in [-0.1, -0.05) is 8.25 Å². The van der Waals surface area contributed by atoms with Crippen LogP contribution in [0.25, 0.3) is 0 Å². The molecule has 0 amide bonds. The summed E-state index contributed by atoms with van der Waals surface area (Å²) in [5, 5.41) is 0.924. The van der Waals surface area contributed by atoms with E-state index in [-0.39, 0.29) is 0 Å². The molecule has 0 rings (SSSR count). The molecule has 0 saturated heterocycles. The Kier molecular flexibility index (Phi) is 17.1. The Bertz CT molecular complexity index is 81.9. The molecule has 0 aromatic heterocycles. The van der Waals surface area contributed by atoms with E-state index in [0.29, 0.717) is 0 Å². The van der Waals surface area contributed by atoms with E-state index in [4.69, 9.17) is 30.4 Å². The van der Waals surface area contributed by atoms with Crippen LogP contribution in [0.15, 0.2) is 0 Å². The van der Waals surface area contributed by atoms with Gasteiger partial charge in [-0.05, 0) is 0 Å². The van der Waals surface area contributed by atoms with Crippen LogP contribution in [-0.4, -0.2) is 0 Å². The van der Waals surface area contributed by atoms with Crippen molar-refractivity contribution in [2.45, 2.75) is 37.9 Å². The SMILES string of the molecule is CCCCC[CH2][Cu+2].O=[PH]([O-])[O-]. The molecule has 0 unspecified atom stereocenters. The van der Waals surface area contributed by atoms with E-state index < -0.39 is 8.25 Å². The molecule has 0 aliphatic heterocycles. The third-order valence-corrected chi connectivity index (χ3v) is 1.29. The van der Waals surface area contributed by atoms with Crippen molar-refractivity contribution < 1.29 is 30.4 Å². The Hall–Kier alpha value is 0.669. The van der Waals surface area contributed by atoms with Crippen molar-refractivity contribution >= 4 is 8.25 Å². The van der Waals surface area contributed by atoms with Crippen LogP contribution in [0.4, 0.5) is 0 Å². The van der Waals surface area contributed by atoms with Gasteiger partial charge in [-0.3, -0.25) is 0 Å². The Labute approximate surface area is 77.0 Å². The third-order valence-electron chi connectivity index (χ3n) is 0.960. The zero-order chi connectivity index (χ0) is 9.11. The zero-order valence-corrected chi connectivity index (χ0v) is 8.50. The van der Waals surface area contributed by atoms with E-state index in [1.54, 1.807) is 0 Å². The maximum absolute atomic E-state index is 8.52. The van der Waals surface area contributed by atoms with Crippen molar-refractivity contribution in [3.63, 3.8) is 0 Å². The Morgan fingerprint density at radius 2 is 1.73 bits per heavy atom. The van der Waals surface area contributed by atoms with Crippen LogP contribution in [0, 0.1) is 0 Å². The van der Waals surface area contributed by atoms with Crippen molar-refractivity contribution in [1.29, 1.82) is 0 Å². The average molecular weight is 229 g/mol. The number of rotatable bonds is 4. The molecule has 3 nitrogen and oxygen atoms in total. The summed E-state index contributed by atoms with van der Waals surface area (Å²) in [6.45, 7) is 2.21. The van der Waals surface area contributed by atoms with Gasteiger partial charge in [0.15, 0.2) is 0 Å². The summed E-state index contributed by atoms with van der Waals surface area (Å²) in [7, 11) is -3.63. The molecule has 0 radical (unpaired) electrons. The second-order valence-electron chi connectivity index (χ2n) is 1.96. The molecule has 0 aromatic carbocycles. The second kappa shape index (κ2) is 13.3. The van der Waals surface area contributed by atoms with E-state index in [0.717, 1.165) is 5.32 Å². The quantitative estimate of drug-likeness (QED) is 0.403. The van der Waals surface area contributed by atoms with Crippen LogP contribution in [0.3, 0.4) is 0 Å². The largest absolute Gasteiger partial charge is 0.813 e. The van der Waals surface area contributed by atoms with Crippen molar-refractivity contribution in [1.82, 2.24) is 0 Å². The van der Waals surface area contributed by atoms with Crippen molar-refractivity contribution in [3.05, 3.63) is 0 Å². The van der Waals surface area contributed by atoms with Crippen molar-refractivity contribution in [2.75, 3.05) is 0 Å². The summed E-state index contributed by atoms with van der Waals surface area (Å²) < 4.78 is 8.52. The first kappa shape index (κ1) is 14.2. The van der Waals surface area contributed by atoms with Gasteiger partial charge in [0.05, 0.1) is 0 Å². The minimum absolute atomic E-state index is 0.924. The predicted octanol–water partition coefficient (Wildman–Crippen LogP) is 0.628. The average Bonchev–Trinajstić information content (AvgIpc) is 1.88. The molecule has 0 atom stereocenters. The Balaban J connectivity index is 0. The molecule has 0 aromatic rings. The van der Waals surface area contributed by atoms with Gasteiger partial charge in [0.25, 0.3) is 0 Å². The smallest absolute Gasteiger partial charge is 0.0813 e. The predicted molar refractivity (Wildman–Crippen MR) is 38.0 cm³/mol. The molecule has 0 heterocycles. The molecule has 11 heavy (non-hydrogen) atoms. The minimum Gasteiger partial charge on any atom is -0.813 e.